The third-order valence-electron chi connectivity index (χ3n) is 4.38. The molecule has 27 heavy (non-hydrogen) atoms. The molecule has 0 bridgehead atoms. The van der Waals surface area contributed by atoms with E-state index in [1.165, 1.54) is 11.1 Å². The number of nitrogens with one attached hydrogen (secondary N) is 2. The van der Waals surface area contributed by atoms with E-state index in [2.05, 4.69) is 59.6 Å². The molecule has 2 N–H and O–H groups in total. The highest BCUT2D eigenvalue weighted by Crippen LogP contribution is 2.30. The molecule has 0 spiro atoms. The first kappa shape index (κ1) is 18.7. The van der Waals surface area contributed by atoms with Crippen molar-refractivity contribution < 1.29 is 4.74 Å². The average molecular weight is 362 g/mol. The lowest BCUT2D eigenvalue weighted by atomic mass is 9.98. The molecule has 3 aromatic rings. The summed E-state index contributed by atoms with van der Waals surface area (Å²) in [5, 5.41) is 6.75. The normalized spacial score (nSPS) is 10.7. The highest BCUT2D eigenvalue weighted by molar-refractivity contribution is 5.67. The minimum atomic E-state index is 0.423. The van der Waals surface area contributed by atoms with Crippen LogP contribution in [0.3, 0.4) is 0 Å². The number of rotatable bonds is 6. The number of hydrogen-bond acceptors (Lipinski definition) is 5. The van der Waals surface area contributed by atoms with E-state index in [9.17, 15) is 0 Å². The molecule has 1 aromatic heterocycles. The van der Waals surface area contributed by atoms with Crippen molar-refractivity contribution >= 4 is 23.1 Å². The Morgan fingerprint density at radius 1 is 0.926 bits per heavy atom. The smallest absolute Gasteiger partial charge is 0.229 e. The van der Waals surface area contributed by atoms with E-state index in [1.54, 1.807) is 7.11 Å². The lowest BCUT2D eigenvalue weighted by molar-refractivity contribution is 0.415. The van der Waals surface area contributed by atoms with Crippen LogP contribution in [0.1, 0.15) is 36.6 Å². The number of aromatic nitrogens is 2. The highest BCUT2D eigenvalue weighted by Gasteiger charge is 2.11. The third-order valence-corrected chi connectivity index (χ3v) is 4.38. The number of nitrogens with zero attached hydrogens (tertiary/aromatic N) is 2. The summed E-state index contributed by atoms with van der Waals surface area (Å²) in [7, 11) is 1.65. The molecule has 5 heteroatoms. The maximum Gasteiger partial charge on any atom is 0.229 e. The molecule has 0 fully saturated rings. The monoisotopic (exact) mass is 362 g/mol. The van der Waals surface area contributed by atoms with E-state index in [0.29, 0.717) is 11.9 Å². The second-order valence-electron chi connectivity index (χ2n) is 6.89. The van der Waals surface area contributed by atoms with Crippen molar-refractivity contribution in [1.29, 1.82) is 0 Å². The number of hydrogen-bond donors (Lipinski definition) is 2. The molecule has 0 aliphatic carbocycles. The van der Waals surface area contributed by atoms with E-state index in [0.717, 1.165) is 28.6 Å². The number of benzene rings is 2. The zero-order valence-electron chi connectivity index (χ0n) is 16.5. The maximum absolute atomic E-state index is 5.20. The summed E-state index contributed by atoms with van der Waals surface area (Å²) in [6.45, 7) is 8.47. The molecule has 0 saturated carbocycles. The van der Waals surface area contributed by atoms with Crippen molar-refractivity contribution in [2.24, 2.45) is 0 Å². The summed E-state index contributed by atoms with van der Waals surface area (Å²) in [5.74, 6) is 2.57. The van der Waals surface area contributed by atoms with E-state index in [1.807, 2.05) is 37.3 Å². The first-order valence-electron chi connectivity index (χ1n) is 9.09. The molecule has 0 atom stereocenters. The maximum atomic E-state index is 5.20. The van der Waals surface area contributed by atoms with Crippen molar-refractivity contribution in [3.05, 3.63) is 65.4 Å². The highest BCUT2D eigenvalue weighted by atomic mass is 16.5. The van der Waals surface area contributed by atoms with Gasteiger partial charge in [0.1, 0.15) is 11.6 Å². The van der Waals surface area contributed by atoms with Gasteiger partial charge in [-0.25, -0.2) is 4.98 Å². The molecule has 1 heterocycles. The van der Waals surface area contributed by atoms with Crippen molar-refractivity contribution in [2.45, 2.75) is 33.6 Å². The number of para-hydroxylation sites is 1. The summed E-state index contributed by atoms with van der Waals surface area (Å²) in [5.41, 5.74) is 5.38. The van der Waals surface area contributed by atoms with Gasteiger partial charge in [0.25, 0.3) is 0 Å². The van der Waals surface area contributed by atoms with Gasteiger partial charge in [0.15, 0.2) is 0 Å². The molecule has 0 aliphatic heterocycles. The standard InChI is InChI=1S/C22H26N4O/c1-14(2)19-8-6-7-15(3)21(19)25-20-13-16(4)23-22(26-20)24-17-9-11-18(27-5)12-10-17/h6-14H,1-5H3,(H2,23,24,25,26). The van der Waals surface area contributed by atoms with Crippen LogP contribution in [0.5, 0.6) is 5.75 Å². The number of methoxy groups -OCH3 is 1. The van der Waals surface area contributed by atoms with Crippen LogP contribution >= 0.6 is 0 Å². The molecule has 5 nitrogen and oxygen atoms in total. The number of aryl methyl sites for hydroxylation is 2. The van der Waals surface area contributed by atoms with Gasteiger partial charge in [0.05, 0.1) is 7.11 Å². The molecule has 0 saturated heterocycles. The van der Waals surface area contributed by atoms with E-state index in [-0.39, 0.29) is 0 Å². The van der Waals surface area contributed by atoms with Crippen LogP contribution in [-0.4, -0.2) is 17.1 Å². The molecule has 0 amide bonds. The fraction of sp³-hybridized carbons (Fsp3) is 0.273. The van der Waals surface area contributed by atoms with E-state index >= 15 is 0 Å². The molecule has 0 radical (unpaired) electrons. The van der Waals surface area contributed by atoms with Crippen LogP contribution in [0, 0.1) is 13.8 Å². The van der Waals surface area contributed by atoms with Crippen LogP contribution < -0.4 is 15.4 Å². The van der Waals surface area contributed by atoms with Gasteiger partial charge < -0.3 is 15.4 Å². The topological polar surface area (TPSA) is 59.1 Å². The zero-order valence-corrected chi connectivity index (χ0v) is 16.5. The molecular weight excluding hydrogens is 336 g/mol. The van der Waals surface area contributed by atoms with Gasteiger partial charge in [-0.2, -0.15) is 4.98 Å². The van der Waals surface area contributed by atoms with Crippen LogP contribution in [0.25, 0.3) is 0 Å². The predicted octanol–water partition coefficient (Wildman–Crippen LogP) is 5.71. The van der Waals surface area contributed by atoms with Gasteiger partial charge in [-0.1, -0.05) is 32.0 Å². The van der Waals surface area contributed by atoms with Gasteiger partial charge in [0, 0.05) is 23.1 Å². The lowest BCUT2D eigenvalue weighted by Crippen LogP contribution is -2.05. The van der Waals surface area contributed by atoms with Crippen molar-refractivity contribution in [2.75, 3.05) is 17.7 Å². The summed E-state index contributed by atoms with van der Waals surface area (Å²) < 4.78 is 5.20. The van der Waals surface area contributed by atoms with E-state index < -0.39 is 0 Å². The van der Waals surface area contributed by atoms with Crippen molar-refractivity contribution in [3.8, 4) is 5.75 Å². The second-order valence-corrected chi connectivity index (χ2v) is 6.89. The number of anilines is 4. The Morgan fingerprint density at radius 2 is 1.67 bits per heavy atom. The Morgan fingerprint density at radius 3 is 2.33 bits per heavy atom. The Hall–Kier alpha value is -3.08. The third kappa shape index (κ3) is 4.56. The Balaban J connectivity index is 1.88. The lowest BCUT2D eigenvalue weighted by Gasteiger charge is -2.17. The van der Waals surface area contributed by atoms with Gasteiger partial charge in [0.2, 0.25) is 5.95 Å². The van der Waals surface area contributed by atoms with Gasteiger partial charge >= 0.3 is 0 Å². The van der Waals surface area contributed by atoms with E-state index in [4.69, 9.17) is 4.74 Å². The van der Waals surface area contributed by atoms with Gasteiger partial charge in [-0.05, 0) is 55.2 Å². The summed E-state index contributed by atoms with van der Waals surface area (Å²) in [6.07, 6.45) is 0. The molecular formula is C22H26N4O. The molecule has 0 unspecified atom stereocenters. The Kier molecular flexibility index (Phi) is 5.60. The first-order valence-corrected chi connectivity index (χ1v) is 9.09. The summed E-state index contributed by atoms with van der Waals surface area (Å²) >= 11 is 0. The number of ether oxygens (including phenoxy) is 1. The molecule has 3 rings (SSSR count). The summed E-state index contributed by atoms with van der Waals surface area (Å²) in [6, 6.07) is 16.0. The molecule has 2 aromatic carbocycles. The van der Waals surface area contributed by atoms with Crippen LogP contribution in [0.4, 0.5) is 23.1 Å². The van der Waals surface area contributed by atoms with Crippen LogP contribution in [-0.2, 0) is 0 Å². The fourth-order valence-corrected chi connectivity index (χ4v) is 2.96. The Bertz CT molecular complexity index is 920. The SMILES string of the molecule is COc1ccc(Nc2nc(C)cc(Nc3c(C)cccc3C(C)C)n2)cc1. The Labute approximate surface area is 160 Å². The average Bonchev–Trinajstić information content (AvgIpc) is 2.63. The second kappa shape index (κ2) is 8.08. The molecule has 0 aliphatic rings. The van der Waals surface area contributed by atoms with Gasteiger partial charge in [-0.3, -0.25) is 0 Å². The summed E-state index contributed by atoms with van der Waals surface area (Å²) in [4.78, 5) is 9.14. The van der Waals surface area contributed by atoms with Gasteiger partial charge in [-0.15, -0.1) is 0 Å². The predicted molar refractivity (Wildman–Crippen MR) is 112 cm³/mol. The minimum Gasteiger partial charge on any atom is -0.497 e. The zero-order chi connectivity index (χ0) is 19.4. The minimum absolute atomic E-state index is 0.423. The van der Waals surface area contributed by atoms with Crippen molar-refractivity contribution in [3.63, 3.8) is 0 Å². The quantitative estimate of drug-likeness (QED) is 0.588. The fourth-order valence-electron chi connectivity index (χ4n) is 2.96. The largest absolute Gasteiger partial charge is 0.497 e. The first-order chi connectivity index (χ1) is 13.0. The van der Waals surface area contributed by atoms with Crippen molar-refractivity contribution in [1.82, 2.24) is 9.97 Å². The van der Waals surface area contributed by atoms with Crippen LogP contribution in [0.2, 0.25) is 0 Å². The van der Waals surface area contributed by atoms with Crippen LogP contribution in [0.15, 0.2) is 48.5 Å². The molecule has 140 valence electrons.